The van der Waals surface area contributed by atoms with Crippen LogP contribution in [0.2, 0.25) is 0 Å². The zero-order valence-electron chi connectivity index (χ0n) is 11.6. The van der Waals surface area contributed by atoms with Crippen molar-refractivity contribution in [3.05, 3.63) is 29.6 Å². The predicted octanol–water partition coefficient (Wildman–Crippen LogP) is 2.31. The van der Waals surface area contributed by atoms with Crippen molar-refractivity contribution in [3.63, 3.8) is 0 Å². The minimum atomic E-state index is -0.323. The van der Waals surface area contributed by atoms with Gasteiger partial charge in [-0.1, -0.05) is 6.07 Å². The average Bonchev–Trinajstić information content (AvgIpc) is 2.29. The highest BCUT2D eigenvalue weighted by Gasteiger charge is 2.07. The summed E-state index contributed by atoms with van der Waals surface area (Å²) in [5.41, 5.74) is 1.16. The maximum Gasteiger partial charge on any atom is 0.165 e. The van der Waals surface area contributed by atoms with E-state index in [4.69, 9.17) is 4.74 Å². The molecule has 3 nitrogen and oxygen atoms in total. The van der Waals surface area contributed by atoms with Crippen molar-refractivity contribution >= 4 is 0 Å². The first kappa shape index (κ1) is 14.9. The monoisotopic (exact) mass is 254 g/mol. The van der Waals surface area contributed by atoms with Gasteiger partial charge in [0.1, 0.15) is 0 Å². The van der Waals surface area contributed by atoms with Gasteiger partial charge in [-0.2, -0.15) is 0 Å². The van der Waals surface area contributed by atoms with E-state index in [1.807, 2.05) is 0 Å². The molecule has 4 heteroatoms. The van der Waals surface area contributed by atoms with Crippen LogP contribution in [0.1, 0.15) is 26.3 Å². The molecule has 0 radical (unpaired) electrons. The number of nitrogens with one attached hydrogen (secondary N) is 2. The highest BCUT2D eigenvalue weighted by molar-refractivity contribution is 5.30. The fourth-order valence-electron chi connectivity index (χ4n) is 1.57. The van der Waals surface area contributed by atoms with Gasteiger partial charge in [0.25, 0.3) is 0 Å². The minimum Gasteiger partial charge on any atom is -0.494 e. The number of halogens is 1. The van der Waals surface area contributed by atoms with Crippen molar-refractivity contribution in [1.82, 2.24) is 10.6 Å². The Labute approximate surface area is 109 Å². The first-order valence-electron chi connectivity index (χ1n) is 6.20. The summed E-state index contributed by atoms with van der Waals surface area (Å²) in [4.78, 5) is 0. The molecule has 1 aromatic rings. The lowest BCUT2D eigenvalue weighted by Crippen LogP contribution is -2.40. The van der Waals surface area contributed by atoms with Crippen molar-refractivity contribution in [2.24, 2.45) is 0 Å². The summed E-state index contributed by atoms with van der Waals surface area (Å²) in [6.45, 7) is 8.90. The fourth-order valence-corrected chi connectivity index (χ4v) is 1.57. The Hall–Kier alpha value is -1.13. The smallest absolute Gasteiger partial charge is 0.165 e. The molecule has 2 N–H and O–H groups in total. The number of hydrogen-bond acceptors (Lipinski definition) is 3. The molecule has 1 aromatic carbocycles. The summed E-state index contributed by atoms with van der Waals surface area (Å²) in [7, 11) is 1.48. The molecule has 0 saturated carbocycles. The normalized spacial score (nSPS) is 11.6. The van der Waals surface area contributed by atoms with Gasteiger partial charge in [0.2, 0.25) is 0 Å². The van der Waals surface area contributed by atoms with Gasteiger partial charge in [-0.05, 0) is 38.5 Å². The van der Waals surface area contributed by atoms with Gasteiger partial charge in [-0.25, -0.2) is 4.39 Å². The standard InChI is InChI=1S/C14H23FN2O/c1-14(2,3)17-8-7-16-10-11-5-6-12(15)13(9-11)18-4/h5-6,9,16-17H,7-8,10H2,1-4H3. The number of methoxy groups -OCH3 is 1. The lowest BCUT2D eigenvalue weighted by Gasteiger charge is -2.20. The Morgan fingerprint density at radius 2 is 1.94 bits per heavy atom. The Kier molecular flexibility index (Phi) is 5.56. The second kappa shape index (κ2) is 6.71. The molecule has 0 aliphatic rings. The van der Waals surface area contributed by atoms with E-state index >= 15 is 0 Å². The number of ether oxygens (including phenoxy) is 1. The van der Waals surface area contributed by atoms with E-state index in [0.717, 1.165) is 18.7 Å². The molecule has 1 rings (SSSR count). The van der Waals surface area contributed by atoms with E-state index in [1.54, 1.807) is 12.1 Å². The Morgan fingerprint density at radius 1 is 1.22 bits per heavy atom. The summed E-state index contributed by atoms with van der Waals surface area (Å²) in [5, 5.41) is 6.70. The van der Waals surface area contributed by atoms with E-state index in [2.05, 4.69) is 31.4 Å². The molecule has 0 aliphatic carbocycles. The average molecular weight is 254 g/mol. The first-order chi connectivity index (χ1) is 8.42. The SMILES string of the molecule is COc1cc(CNCCNC(C)(C)C)ccc1F. The summed E-state index contributed by atoms with van der Waals surface area (Å²) in [6.07, 6.45) is 0. The lowest BCUT2D eigenvalue weighted by molar-refractivity contribution is 0.385. The third kappa shape index (κ3) is 5.47. The van der Waals surface area contributed by atoms with Gasteiger partial charge in [-0.15, -0.1) is 0 Å². The first-order valence-corrected chi connectivity index (χ1v) is 6.20. The summed E-state index contributed by atoms with van der Waals surface area (Å²) < 4.78 is 18.1. The molecule has 0 bridgehead atoms. The molecular formula is C14H23FN2O. The highest BCUT2D eigenvalue weighted by atomic mass is 19.1. The Balaban J connectivity index is 2.31. The minimum absolute atomic E-state index is 0.140. The van der Waals surface area contributed by atoms with Gasteiger partial charge in [-0.3, -0.25) is 0 Å². The maximum atomic E-state index is 13.2. The van der Waals surface area contributed by atoms with Gasteiger partial charge < -0.3 is 15.4 Å². The number of rotatable bonds is 6. The van der Waals surface area contributed by atoms with Crippen LogP contribution in [-0.4, -0.2) is 25.7 Å². The molecule has 0 heterocycles. The van der Waals surface area contributed by atoms with Crippen molar-refractivity contribution in [1.29, 1.82) is 0 Å². The molecule has 0 aromatic heterocycles. The Bertz CT molecular complexity index is 375. The number of hydrogen-bond donors (Lipinski definition) is 2. The zero-order chi connectivity index (χ0) is 13.6. The van der Waals surface area contributed by atoms with Gasteiger partial charge >= 0.3 is 0 Å². The molecule has 102 valence electrons. The fraction of sp³-hybridized carbons (Fsp3) is 0.571. The van der Waals surface area contributed by atoms with Crippen LogP contribution in [0.5, 0.6) is 5.75 Å². The molecule has 0 atom stereocenters. The van der Waals surface area contributed by atoms with Gasteiger partial charge in [0, 0.05) is 25.2 Å². The van der Waals surface area contributed by atoms with Gasteiger partial charge in [0.15, 0.2) is 11.6 Å². The van der Waals surface area contributed by atoms with Crippen LogP contribution in [0.3, 0.4) is 0 Å². The molecule has 0 amide bonds. The molecule has 0 saturated heterocycles. The highest BCUT2D eigenvalue weighted by Crippen LogP contribution is 2.17. The molecule has 0 spiro atoms. The predicted molar refractivity (Wildman–Crippen MR) is 72.4 cm³/mol. The van der Waals surface area contributed by atoms with Gasteiger partial charge in [0.05, 0.1) is 7.11 Å². The zero-order valence-corrected chi connectivity index (χ0v) is 11.6. The van der Waals surface area contributed by atoms with Crippen molar-refractivity contribution < 1.29 is 9.13 Å². The van der Waals surface area contributed by atoms with Crippen molar-refractivity contribution in [2.75, 3.05) is 20.2 Å². The number of benzene rings is 1. The second-order valence-corrected chi connectivity index (χ2v) is 5.32. The quantitative estimate of drug-likeness (QED) is 0.764. The third-order valence-electron chi connectivity index (χ3n) is 2.50. The summed E-state index contributed by atoms with van der Waals surface area (Å²) in [5.74, 6) is -0.0298. The lowest BCUT2D eigenvalue weighted by atomic mass is 10.1. The molecule has 0 fully saturated rings. The van der Waals surface area contributed by atoms with Crippen LogP contribution in [-0.2, 0) is 6.54 Å². The van der Waals surface area contributed by atoms with Crippen LogP contribution in [0.15, 0.2) is 18.2 Å². The Morgan fingerprint density at radius 3 is 2.56 bits per heavy atom. The van der Waals surface area contributed by atoms with Crippen molar-refractivity contribution in [2.45, 2.75) is 32.9 Å². The van der Waals surface area contributed by atoms with Crippen LogP contribution >= 0.6 is 0 Å². The van der Waals surface area contributed by atoms with Crippen LogP contribution in [0, 0.1) is 5.82 Å². The molecule has 18 heavy (non-hydrogen) atoms. The van der Waals surface area contributed by atoms with Crippen molar-refractivity contribution in [3.8, 4) is 5.75 Å². The van der Waals surface area contributed by atoms with E-state index in [9.17, 15) is 4.39 Å². The third-order valence-corrected chi connectivity index (χ3v) is 2.50. The molecular weight excluding hydrogens is 231 g/mol. The summed E-state index contributed by atoms with van der Waals surface area (Å²) >= 11 is 0. The van der Waals surface area contributed by atoms with Crippen LogP contribution < -0.4 is 15.4 Å². The molecule has 0 aliphatic heterocycles. The molecule has 0 unspecified atom stereocenters. The van der Waals surface area contributed by atoms with E-state index in [-0.39, 0.29) is 11.4 Å². The van der Waals surface area contributed by atoms with E-state index in [1.165, 1.54) is 13.2 Å². The topological polar surface area (TPSA) is 33.3 Å². The maximum absolute atomic E-state index is 13.2. The summed E-state index contributed by atoms with van der Waals surface area (Å²) in [6, 6.07) is 4.92. The van der Waals surface area contributed by atoms with Crippen LogP contribution in [0.4, 0.5) is 4.39 Å². The van der Waals surface area contributed by atoms with E-state index in [0.29, 0.717) is 12.3 Å². The van der Waals surface area contributed by atoms with Crippen LogP contribution in [0.25, 0.3) is 0 Å². The largest absolute Gasteiger partial charge is 0.494 e. The van der Waals surface area contributed by atoms with E-state index < -0.39 is 0 Å². The second-order valence-electron chi connectivity index (χ2n) is 5.32.